The molecule has 2 heterocycles. The Bertz CT molecular complexity index is 776. The van der Waals surface area contributed by atoms with Gasteiger partial charge in [0.1, 0.15) is 11.8 Å². The van der Waals surface area contributed by atoms with Gasteiger partial charge < -0.3 is 15.0 Å². The number of amides is 2. The summed E-state index contributed by atoms with van der Waals surface area (Å²) in [7, 11) is 0. The van der Waals surface area contributed by atoms with Gasteiger partial charge in [-0.3, -0.25) is 9.59 Å². The number of carbonyl (C=O) groups excluding carboxylic acids is 2. The number of thiazole rings is 1. The third-order valence-corrected chi connectivity index (χ3v) is 5.29. The topological polar surface area (TPSA) is 71.5 Å². The first-order valence-electron chi connectivity index (χ1n) is 8.74. The molecule has 1 aliphatic rings. The van der Waals surface area contributed by atoms with Crippen molar-refractivity contribution in [3.05, 3.63) is 40.9 Å². The van der Waals surface area contributed by atoms with Gasteiger partial charge in [-0.25, -0.2) is 4.98 Å². The molecule has 138 valence electrons. The summed E-state index contributed by atoms with van der Waals surface area (Å²) in [6.45, 7) is 4.99. The Morgan fingerprint density at radius 2 is 2.19 bits per heavy atom. The van der Waals surface area contributed by atoms with E-state index in [1.807, 2.05) is 32.0 Å². The van der Waals surface area contributed by atoms with Gasteiger partial charge in [0.25, 0.3) is 0 Å². The smallest absolute Gasteiger partial charge is 0.248 e. The molecule has 7 heteroatoms. The highest BCUT2D eigenvalue weighted by molar-refractivity contribution is 7.13. The zero-order valence-corrected chi connectivity index (χ0v) is 15.8. The number of nitrogens with one attached hydrogen (secondary N) is 1. The van der Waals surface area contributed by atoms with E-state index in [9.17, 15) is 9.59 Å². The van der Waals surface area contributed by atoms with E-state index in [2.05, 4.69) is 10.3 Å². The Morgan fingerprint density at radius 1 is 1.35 bits per heavy atom. The molecule has 0 bridgehead atoms. The number of ether oxygens (including phenoxy) is 1. The first-order valence-corrected chi connectivity index (χ1v) is 9.62. The van der Waals surface area contributed by atoms with Crippen LogP contribution in [0.1, 0.15) is 30.4 Å². The van der Waals surface area contributed by atoms with Crippen LogP contribution in [-0.4, -0.2) is 40.9 Å². The molecule has 1 unspecified atom stereocenters. The van der Waals surface area contributed by atoms with Gasteiger partial charge in [0, 0.05) is 18.1 Å². The molecule has 0 spiro atoms. The minimum atomic E-state index is -0.423. The lowest BCUT2D eigenvalue weighted by atomic mass is 10.1. The van der Waals surface area contributed by atoms with Crippen LogP contribution in [0.5, 0.6) is 5.75 Å². The van der Waals surface area contributed by atoms with Crippen molar-refractivity contribution in [2.45, 2.75) is 39.2 Å². The molecule has 1 N–H and O–H groups in total. The largest absolute Gasteiger partial charge is 0.493 e. The average molecular weight is 373 g/mol. The minimum Gasteiger partial charge on any atom is -0.493 e. The van der Waals surface area contributed by atoms with E-state index in [1.165, 1.54) is 16.9 Å². The molecule has 1 aromatic carbocycles. The molecule has 1 saturated heterocycles. The summed E-state index contributed by atoms with van der Waals surface area (Å²) in [5.41, 5.74) is 2.37. The van der Waals surface area contributed by atoms with Crippen molar-refractivity contribution >= 4 is 28.3 Å². The quantitative estimate of drug-likeness (QED) is 0.844. The molecule has 1 fully saturated rings. The van der Waals surface area contributed by atoms with E-state index in [4.69, 9.17) is 4.74 Å². The lowest BCUT2D eigenvalue weighted by Gasteiger charge is -2.23. The van der Waals surface area contributed by atoms with Crippen molar-refractivity contribution in [1.82, 2.24) is 9.88 Å². The van der Waals surface area contributed by atoms with Crippen LogP contribution < -0.4 is 10.1 Å². The third-order valence-electron chi connectivity index (χ3n) is 4.60. The number of aryl methyl sites for hydroxylation is 2. The molecule has 0 aliphatic carbocycles. The molecule has 1 atom stereocenters. The van der Waals surface area contributed by atoms with Crippen LogP contribution in [0.2, 0.25) is 0 Å². The highest BCUT2D eigenvalue weighted by atomic mass is 32.1. The minimum absolute atomic E-state index is 0.0503. The number of hydrogen-bond donors (Lipinski definition) is 1. The van der Waals surface area contributed by atoms with Gasteiger partial charge >= 0.3 is 0 Å². The van der Waals surface area contributed by atoms with Crippen LogP contribution in [0.4, 0.5) is 5.13 Å². The molecule has 2 amide bonds. The van der Waals surface area contributed by atoms with E-state index in [0.717, 1.165) is 17.7 Å². The summed E-state index contributed by atoms with van der Waals surface area (Å²) < 4.78 is 5.70. The van der Waals surface area contributed by atoms with Gasteiger partial charge in [0.15, 0.2) is 5.13 Å². The number of carbonyl (C=O) groups is 2. The van der Waals surface area contributed by atoms with E-state index >= 15 is 0 Å². The zero-order valence-electron chi connectivity index (χ0n) is 15.0. The maximum absolute atomic E-state index is 12.5. The van der Waals surface area contributed by atoms with E-state index < -0.39 is 6.04 Å². The summed E-state index contributed by atoms with van der Waals surface area (Å²) in [6.07, 6.45) is 3.41. The number of hydrogen-bond acceptors (Lipinski definition) is 5. The van der Waals surface area contributed by atoms with Crippen LogP contribution in [0.15, 0.2) is 29.8 Å². The van der Waals surface area contributed by atoms with Crippen molar-refractivity contribution in [2.24, 2.45) is 0 Å². The molecule has 2 aromatic rings. The van der Waals surface area contributed by atoms with Crippen LogP contribution in [0.25, 0.3) is 0 Å². The summed E-state index contributed by atoms with van der Waals surface area (Å²) in [4.78, 5) is 30.7. The van der Waals surface area contributed by atoms with Gasteiger partial charge in [0.05, 0.1) is 13.0 Å². The van der Waals surface area contributed by atoms with E-state index in [0.29, 0.717) is 24.7 Å². The molecular weight excluding hydrogens is 350 g/mol. The molecule has 3 rings (SSSR count). The molecule has 1 aromatic heterocycles. The number of likely N-dealkylation sites (tertiary alicyclic amines) is 1. The second-order valence-corrected chi connectivity index (χ2v) is 7.31. The van der Waals surface area contributed by atoms with Crippen LogP contribution >= 0.6 is 11.3 Å². The molecule has 1 aliphatic heterocycles. The predicted molar refractivity (Wildman–Crippen MR) is 102 cm³/mol. The number of benzene rings is 1. The molecule has 6 nitrogen and oxygen atoms in total. The summed E-state index contributed by atoms with van der Waals surface area (Å²) in [5, 5.41) is 5.15. The van der Waals surface area contributed by atoms with Gasteiger partial charge in [-0.2, -0.15) is 0 Å². The molecule has 0 saturated carbocycles. The summed E-state index contributed by atoms with van der Waals surface area (Å²) >= 11 is 1.37. The second kappa shape index (κ2) is 8.31. The fourth-order valence-electron chi connectivity index (χ4n) is 3.02. The maximum Gasteiger partial charge on any atom is 0.248 e. The monoisotopic (exact) mass is 373 g/mol. The molecule has 26 heavy (non-hydrogen) atoms. The number of nitrogens with zero attached hydrogens (tertiary/aromatic N) is 2. The third kappa shape index (κ3) is 4.40. The Morgan fingerprint density at radius 3 is 2.92 bits per heavy atom. The van der Waals surface area contributed by atoms with E-state index in [1.54, 1.807) is 16.5 Å². The lowest BCUT2D eigenvalue weighted by molar-refractivity contribution is -0.137. The van der Waals surface area contributed by atoms with Crippen molar-refractivity contribution in [2.75, 3.05) is 18.5 Å². The average Bonchev–Trinajstić information content (AvgIpc) is 3.29. The van der Waals surface area contributed by atoms with Crippen molar-refractivity contribution in [3.63, 3.8) is 0 Å². The Kier molecular flexibility index (Phi) is 5.88. The summed E-state index contributed by atoms with van der Waals surface area (Å²) in [5.74, 6) is 0.548. The highest BCUT2D eigenvalue weighted by Gasteiger charge is 2.34. The Hall–Kier alpha value is -2.41. The highest BCUT2D eigenvalue weighted by Crippen LogP contribution is 2.21. The van der Waals surface area contributed by atoms with Crippen molar-refractivity contribution in [3.8, 4) is 5.75 Å². The van der Waals surface area contributed by atoms with Gasteiger partial charge in [-0.1, -0.05) is 6.07 Å². The normalized spacial score (nSPS) is 16.5. The zero-order chi connectivity index (χ0) is 18.5. The maximum atomic E-state index is 12.5. The second-order valence-electron chi connectivity index (χ2n) is 6.42. The fraction of sp³-hybridized carbons (Fsp3) is 0.421. The van der Waals surface area contributed by atoms with Crippen LogP contribution in [-0.2, 0) is 9.59 Å². The fourth-order valence-corrected chi connectivity index (χ4v) is 3.55. The number of anilines is 1. The number of aromatic nitrogens is 1. The van der Waals surface area contributed by atoms with Gasteiger partial charge in [-0.05, 0) is 49.9 Å². The lowest BCUT2D eigenvalue weighted by Crippen LogP contribution is -2.43. The first-order chi connectivity index (χ1) is 12.5. The Balaban J connectivity index is 1.51. The first kappa shape index (κ1) is 18.4. The van der Waals surface area contributed by atoms with Crippen molar-refractivity contribution in [1.29, 1.82) is 0 Å². The van der Waals surface area contributed by atoms with Gasteiger partial charge in [-0.15, -0.1) is 11.3 Å². The predicted octanol–water partition coefficient (Wildman–Crippen LogP) is 3.16. The number of rotatable bonds is 6. The molecular formula is C19H23N3O3S. The summed E-state index contributed by atoms with van der Waals surface area (Å²) in [6, 6.07) is 5.46. The SMILES string of the molecule is Cc1ccc(OCCC(=O)N2CCCC2C(=O)Nc2nccs2)cc1C. The Labute approximate surface area is 157 Å². The molecule has 0 radical (unpaired) electrons. The van der Waals surface area contributed by atoms with E-state index in [-0.39, 0.29) is 18.2 Å². The van der Waals surface area contributed by atoms with Crippen LogP contribution in [0, 0.1) is 13.8 Å². The standard InChI is InChI=1S/C19H23N3O3S/c1-13-5-6-15(12-14(13)2)25-10-7-17(23)22-9-3-4-16(22)18(24)21-19-20-8-11-26-19/h5-6,8,11-12,16H,3-4,7,9-10H2,1-2H3,(H,20,21,24). The van der Waals surface area contributed by atoms with Gasteiger partial charge in [0.2, 0.25) is 11.8 Å². The van der Waals surface area contributed by atoms with Crippen molar-refractivity contribution < 1.29 is 14.3 Å². The van der Waals surface area contributed by atoms with Crippen LogP contribution in [0.3, 0.4) is 0 Å².